The van der Waals surface area contributed by atoms with Gasteiger partial charge in [-0.2, -0.15) is 0 Å². The zero-order valence-corrected chi connectivity index (χ0v) is 13.5. The van der Waals surface area contributed by atoms with Crippen LogP contribution in [-0.2, 0) is 6.54 Å². The molecule has 3 N–H and O–H groups in total. The quantitative estimate of drug-likeness (QED) is 0.645. The molecule has 0 amide bonds. The summed E-state index contributed by atoms with van der Waals surface area (Å²) in [5.41, 5.74) is 9.79. The summed E-state index contributed by atoms with van der Waals surface area (Å²) >= 11 is 0. The van der Waals surface area contributed by atoms with E-state index < -0.39 is 0 Å². The van der Waals surface area contributed by atoms with Gasteiger partial charge in [0, 0.05) is 12.6 Å². The number of nitrogens with two attached hydrogens (primary N) is 1. The van der Waals surface area contributed by atoms with E-state index in [4.69, 9.17) is 5.73 Å². The van der Waals surface area contributed by atoms with Gasteiger partial charge < -0.3 is 11.1 Å². The van der Waals surface area contributed by atoms with Crippen molar-refractivity contribution in [2.75, 3.05) is 19.6 Å². The fraction of sp³-hybridized carbons (Fsp3) is 0.588. The summed E-state index contributed by atoms with van der Waals surface area (Å²) in [6, 6.07) is 7.05. The second-order valence-electron chi connectivity index (χ2n) is 5.94. The van der Waals surface area contributed by atoms with E-state index in [2.05, 4.69) is 54.2 Å². The topological polar surface area (TPSA) is 53.6 Å². The summed E-state index contributed by atoms with van der Waals surface area (Å²) in [4.78, 5) is 6.97. The largest absolute Gasteiger partial charge is 0.370 e. The summed E-state index contributed by atoms with van der Waals surface area (Å²) < 4.78 is 0. The summed E-state index contributed by atoms with van der Waals surface area (Å²) in [6.45, 7) is 10.3. The highest BCUT2D eigenvalue weighted by Gasteiger charge is 2.22. The molecular formula is C17H28N4. The Kier molecular flexibility index (Phi) is 5.62. The number of nitrogens with one attached hydrogen (secondary N) is 1. The number of rotatable bonds is 5. The van der Waals surface area contributed by atoms with Crippen LogP contribution in [0.15, 0.2) is 23.2 Å². The zero-order chi connectivity index (χ0) is 15.2. The number of aliphatic imine (C=N–C) groups is 1. The molecule has 0 saturated carbocycles. The molecular weight excluding hydrogens is 260 g/mol. The molecule has 1 saturated heterocycles. The first-order valence-electron chi connectivity index (χ1n) is 7.94. The molecule has 0 radical (unpaired) electrons. The van der Waals surface area contributed by atoms with E-state index in [9.17, 15) is 0 Å². The Morgan fingerprint density at radius 1 is 1.43 bits per heavy atom. The molecule has 0 aromatic heterocycles. The van der Waals surface area contributed by atoms with Gasteiger partial charge >= 0.3 is 0 Å². The molecule has 1 unspecified atom stereocenters. The van der Waals surface area contributed by atoms with Gasteiger partial charge in [0.2, 0.25) is 0 Å². The van der Waals surface area contributed by atoms with E-state index >= 15 is 0 Å². The lowest BCUT2D eigenvalue weighted by molar-refractivity contribution is 0.267. The highest BCUT2D eigenvalue weighted by molar-refractivity contribution is 5.77. The van der Waals surface area contributed by atoms with Crippen molar-refractivity contribution in [1.82, 2.24) is 10.2 Å². The van der Waals surface area contributed by atoms with Crippen molar-refractivity contribution in [2.45, 2.75) is 46.2 Å². The number of benzene rings is 1. The van der Waals surface area contributed by atoms with Gasteiger partial charge in [-0.05, 0) is 50.9 Å². The molecule has 1 aromatic rings. The van der Waals surface area contributed by atoms with Crippen LogP contribution in [0.25, 0.3) is 0 Å². The fourth-order valence-electron chi connectivity index (χ4n) is 3.01. The Balaban J connectivity index is 1.84. The SMILES string of the molecule is CCN1CCCC1CNC(N)=NCc1ccc(C)cc1C. The van der Waals surface area contributed by atoms with Crippen molar-refractivity contribution in [2.24, 2.45) is 10.7 Å². The van der Waals surface area contributed by atoms with Crippen molar-refractivity contribution in [1.29, 1.82) is 0 Å². The number of nitrogens with zero attached hydrogens (tertiary/aromatic N) is 2. The number of guanidine groups is 1. The molecule has 4 nitrogen and oxygen atoms in total. The second-order valence-corrected chi connectivity index (χ2v) is 5.94. The van der Waals surface area contributed by atoms with Crippen molar-refractivity contribution in [3.05, 3.63) is 34.9 Å². The zero-order valence-electron chi connectivity index (χ0n) is 13.5. The first-order valence-corrected chi connectivity index (χ1v) is 7.94. The van der Waals surface area contributed by atoms with Crippen molar-refractivity contribution >= 4 is 5.96 Å². The maximum atomic E-state index is 5.99. The summed E-state index contributed by atoms with van der Waals surface area (Å²) in [5.74, 6) is 0.554. The Morgan fingerprint density at radius 3 is 2.95 bits per heavy atom. The Morgan fingerprint density at radius 2 is 2.24 bits per heavy atom. The van der Waals surface area contributed by atoms with E-state index in [1.807, 2.05) is 0 Å². The van der Waals surface area contributed by atoms with Crippen LogP contribution >= 0.6 is 0 Å². The Hall–Kier alpha value is -1.55. The molecule has 21 heavy (non-hydrogen) atoms. The maximum absolute atomic E-state index is 5.99. The first kappa shape index (κ1) is 15.8. The van der Waals surface area contributed by atoms with E-state index in [0.29, 0.717) is 18.5 Å². The molecule has 1 atom stereocenters. The van der Waals surface area contributed by atoms with Crippen molar-refractivity contribution < 1.29 is 0 Å². The third-order valence-corrected chi connectivity index (χ3v) is 4.34. The van der Waals surface area contributed by atoms with E-state index in [-0.39, 0.29) is 0 Å². The molecule has 2 rings (SSSR count). The number of aryl methyl sites for hydroxylation is 2. The lowest BCUT2D eigenvalue weighted by Gasteiger charge is -2.23. The predicted molar refractivity (Wildman–Crippen MR) is 89.5 cm³/mol. The van der Waals surface area contributed by atoms with Gasteiger partial charge in [0.25, 0.3) is 0 Å². The van der Waals surface area contributed by atoms with E-state index in [1.54, 1.807) is 0 Å². The van der Waals surface area contributed by atoms with Gasteiger partial charge in [0.1, 0.15) is 0 Å². The second kappa shape index (κ2) is 7.46. The molecule has 1 heterocycles. The molecule has 1 aliphatic rings. The number of likely N-dealkylation sites (tertiary alicyclic amines) is 1. The van der Waals surface area contributed by atoms with Crippen LogP contribution in [0.5, 0.6) is 0 Å². The minimum absolute atomic E-state index is 0.554. The smallest absolute Gasteiger partial charge is 0.188 e. The average molecular weight is 288 g/mol. The minimum atomic E-state index is 0.554. The van der Waals surface area contributed by atoms with Gasteiger partial charge in [0.05, 0.1) is 6.54 Å². The average Bonchev–Trinajstić information content (AvgIpc) is 2.91. The van der Waals surface area contributed by atoms with Gasteiger partial charge in [-0.25, -0.2) is 4.99 Å². The van der Waals surface area contributed by atoms with Gasteiger partial charge in [-0.3, -0.25) is 4.90 Å². The lowest BCUT2D eigenvalue weighted by Crippen LogP contribution is -2.42. The van der Waals surface area contributed by atoms with Crippen LogP contribution in [0, 0.1) is 13.8 Å². The summed E-state index contributed by atoms with van der Waals surface area (Å²) in [5, 5.41) is 3.28. The van der Waals surface area contributed by atoms with Crippen LogP contribution in [0.1, 0.15) is 36.5 Å². The summed E-state index contributed by atoms with van der Waals surface area (Å²) in [6.07, 6.45) is 2.55. The monoisotopic (exact) mass is 288 g/mol. The molecule has 0 bridgehead atoms. The standard InChI is InChI=1S/C17H28N4/c1-4-21-9-5-6-16(21)12-20-17(18)19-11-15-8-7-13(2)10-14(15)3/h7-8,10,16H,4-6,9,11-12H2,1-3H3,(H3,18,19,20). The van der Waals surface area contributed by atoms with Crippen LogP contribution in [0.3, 0.4) is 0 Å². The van der Waals surface area contributed by atoms with E-state index in [0.717, 1.165) is 13.1 Å². The van der Waals surface area contributed by atoms with Gasteiger partial charge in [-0.15, -0.1) is 0 Å². The van der Waals surface area contributed by atoms with Gasteiger partial charge in [0.15, 0.2) is 5.96 Å². The highest BCUT2D eigenvalue weighted by Crippen LogP contribution is 2.15. The van der Waals surface area contributed by atoms with Crippen LogP contribution < -0.4 is 11.1 Å². The Bertz CT molecular complexity index is 496. The fourth-order valence-corrected chi connectivity index (χ4v) is 3.01. The molecule has 1 aromatic carbocycles. The highest BCUT2D eigenvalue weighted by atomic mass is 15.2. The normalized spacial score (nSPS) is 20.0. The molecule has 116 valence electrons. The summed E-state index contributed by atoms with van der Waals surface area (Å²) in [7, 11) is 0. The third-order valence-electron chi connectivity index (χ3n) is 4.34. The van der Waals surface area contributed by atoms with Crippen molar-refractivity contribution in [3.63, 3.8) is 0 Å². The minimum Gasteiger partial charge on any atom is -0.370 e. The van der Waals surface area contributed by atoms with Crippen molar-refractivity contribution in [3.8, 4) is 0 Å². The van der Waals surface area contributed by atoms with Crippen LogP contribution in [-0.4, -0.2) is 36.5 Å². The molecule has 4 heteroatoms. The molecule has 0 spiro atoms. The molecule has 1 aliphatic heterocycles. The van der Waals surface area contributed by atoms with Gasteiger partial charge in [-0.1, -0.05) is 30.7 Å². The van der Waals surface area contributed by atoms with Crippen LogP contribution in [0.2, 0.25) is 0 Å². The predicted octanol–water partition coefficient (Wildman–Crippen LogP) is 2.19. The molecule has 1 fully saturated rings. The van der Waals surface area contributed by atoms with Crippen LogP contribution in [0.4, 0.5) is 0 Å². The number of likely N-dealkylation sites (N-methyl/N-ethyl adjacent to an activating group) is 1. The first-order chi connectivity index (χ1) is 10.1. The maximum Gasteiger partial charge on any atom is 0.188 e. The van der Waals surface area contributed by atoms with E-state index in [1.165, 1.54) is 36.1 Å². The third kappa shape index (κ3) is 4.46. The number of hydrogen-bond donors (Lipinski definition) is 2. The lowest BCUT2D eigenvalue weighted by atomic mass is 10.1. The Labute approximate surface area is 128 Å². The molecule has 0 aliphatic carbocycles. The number of hydrogen-bond acceptors (Lipinski definition) is 2.